The Balaban J connectivity index is 1.40. The van der Waals surface area contributed by atoms with Crippen LogP contribution < -0.4 is 11.5 Å². The van der Waals surface area contributed by atoms with Gasteiger partial charge in [-0.05, 0) is 109 Å². The molecule has 51 heavy (non-hydrogen) atoms. The summed E-state index contributed by atoms with van der Waals surface area (Å²) in [5.74, 6) is 1.94. The molecule has 6 rings (SSSR count). The molecule has 0 aliphatic carbocycles. The first-order chi connectivity index (χ1) is 24.7. The van der Waals surface area contributed by atoms with E-state index in [4.69, 9.17) is 62.6 Å². The third-order valence-corrected chi connectivity index (χ3v) is 10.1. The molecule has 0 aliphatic heterocycles. The van der Waals surface area contributed by atoms with Gasteiger partial charge in [-0.1, -0.05) is 70.7 Å². The quantitative estimate of drug-likeness (QED) is 0.0578. The normalized spacial score (nSPS) is 12.6. The van der Waals surface area contributed by atoms with Crippen LogP contribution in [0.2, 0.25) is 20.1 Å². The van der Waals surface area contributed by atoms with Crippen molar-refractivity contribution in [3.05, 3.63) is 163 Å². The number of nitrogens with two attached hydrogens (primary N) is 2. The van der Waals surface area contributed by atoms with E-state index in [1.54, 1.807) is 24.5 Å². The zero-order valence-corrected chi connectivity index (χ0v) is 31.0. The second kappa shape index (κ2) is 17.5. The molecule has 0 saturated carbocycles. The number of imidazole rings is 2. The Labute approximate surface area is 318 Å². The van der Waals surface area contributed by atoms with Crippen LogP contribution >= 0.6 is 46.4 Å². The maximum Gasteiger partial charge on any atom is 0.111 e. The molecule has 0 saturated heterocycles. The summed E-state index contributed by atoms with van der Waals surface area (Å²) < 4.78 is 7.36. The van der Waals surface area contributed by atoms with Crippen LogP contribution in [-0.2, 0) is 30.4 Å². The van der Waals surface area contributed by atoms with Crippen molar-refractivity contribution in [3.63, 3.8) is 0 Å². The number of aromatic amines is 2. The number of aryl methyl sites for hydroxylation is 4. The molecule has 2 unspecified atom stereocenters. The average molecular weight is 763 g/mol. The third-order valence-electron chi connectivity index (χ3n) is 8.99. The van der Waals surface area contributed by atoms with Crippen molar-refractivity contribution in [1.29, 1.82) is 0 Å². The van der Waals surface area contributed by atoms with Crippen molar-refractivity contribution < 1.29 is 4.74 Å². The minimum atomic E-state index is -0.614. The fourth-order valence-electron chi connectivity index (χ4n) is 6.47. The van der Waals surface area contributed by atoms with Gasteiger partial charge < -0.3 is 26.2 Å². The first kappa shape index (κ1) is 36.8. The summed E-state index contributed by atoms with van der Waals surface area (Å²) >= 11 is 26.8. The van der Waals surface area contributed by atoms with E-state index in [0.29, 0.717) is 31.5 Å². The monoisotopic (exact) mass is 760 g/mol. The lowest BCUT2D eigenvalue weighted by molar-refractivity contribution is 0.0300. The summed E-state index contributed by atoms with van der Waals surface area (Å²) in [6.45, 7) is 0. The summed E-state index contributed by atoms with van der Waals surface area (Å²) in [7, 11) is 0. The van der Waals surface area contributed by atoms with Crippen LogP contribution in [0, 0.1) is 0 Å². The highest BCUT2D eigenvalue weighted by atomic mass is 35.5. The van der Waals surface area contributed by atoms with Gasteiger partial charge in [0.1, 0.15) is 23.9 Å². The minimum absolute atomic E-state index is 0.490. The molecule has 6 N–H and O–H groups in total. The van der Waals surface area contributed by atoms with E-state index >= 15 is 0 Å². The lowest BCUT2D eigenvalue weighted by atomic mass is 9.90. The molecule has 0 spiro atoms. The second-order valence-corrected chi connectivity index (χ2v) is 14.3. The molecular formula is C40H40Cl4N6O. The highest BCUT2D eigenvalue weighted by Gasteiger charge is 2.29. The van der Waals surface area contributed by atoms with Crippen molar-refractivity contribution in [3.8, 4) is 0 Å². The molecule has 2 heterocycles. The van der Waals surface area contributed by atoms with E-state index in [1.165, 1.54) is 0 Å². The third kappa shape index (κ3) is 9.67. The number of unbranched alkanes of at least 4 members (excludes halogenated alkanes) is 2. The molecular weight excluding hydrogens is 722 g/mol. The number of benzene rings is 4. The van der Waals surface area contributed by atoms with Gasteiger partial charge in [0.05, 0.1) is 0 Å². The number of nitrogens with one attached hydrogen (secondary N) is 2. The predicted octanol–water partition coefficient (Wildman–Crippen LogP) is 10.9. The SMILES string of the molecule is Nc1ccc(C(OC(c2ccc(Cl)cc2Cl)c2ccc(N)cc2CCCCc2ncc[nH]2)c2ccc(Cl)cc2Cl)c(CCCCc2ncc[nH]2)c1. The zero-order valence-electron chi connectivity index (χ0n) is 28.0. The average Bonchev–Trinajstić information content (AvgIpc) is 3.83. The Hall–Kier alpha value is -3.98. The number of nitrogens with zero attached hydrogens (tertiary/aromatic N) is 2. The van der Waals surface area contributed by atoms with Gasteiger partial charge in [-0.15, -0.1) is 0 Å². The van der Waals surface area contributed by atoms with Crippen LogP contribution in [-0.4, -0.2) is 19.9 Å². The Kier molecular flexibility index (Phi) is 12.6. The van der Waals surface area contributed by atoms with E-state index < -0.39 is 12.2 Å². The van der Waals surface area contributed by atoms with Crippen molar-refractivity contribution in [2.45, 2.75) is 63.6 Å². The first-order valence-electron chi connectivity index (χ1n) is 17.0. The van der Waals surface area contributed by atoms with Gasteiger partial charge in [-0.3, -0.25) is 0 Å². The van der Waals surface area contributed by atoms with Crippen molar-refractivity contribution in [2.75, 3.05) is 11.5 Å². The molecule has 0 radical (unpaired) electrons. The maximum atomic E-state index is 7.36. The highest BCUT2D eigenvalue weighted by Crippen LogP contribution is 2.44. The van der Waals surface area contributed by atoms with E-state index in [2.05, 4.69) is 19.9 Å². The Morgan fingerprint density at radius 3 is 1.33 bits per heavy atom. The summed E-state index contributed by atoms with van der Waals surface area (Å²) in [5, 5.41) is 2.05. The zero-order chi connectivity index (χ0) is 35.7. The fourth-order valence-corrected chi connectivity index (χ4v) is 7.49. The topological polar surface area (TPSA) is 119 Å². The molecule has 2 atom stereocenters. The largest absolute Gasteiger partial charge is 0.399 e. The molecule has 2 aromatic heterocycles. The lowest BCUT2D eigenvalue weighted by Crippen LogP contribution is -2.17. The molecule has 4 aromatic carbocycles. The Morgan fingerprint density at radius 2 is 0.941 bits per heavy atom. The fraction of sp³-hybridized carbons (Fsp3) is 0.250. The van der Waals surface area contributed by atoms with Crippen molar-refractivity contribution in [1.82, 2.24) is 19.9 Å². The number of ether oxygens (including phenoxy) is 1. The van der Waals surface area contributed by atoms with Crippen LogP contribution in [0.3, 0.4) is 0 Å². The van der Waals surface area contributed by atoms with E-state index in [9.17, 15) is 0 Å². The van der Waals surface area contributed by atoms with E-state index in [1.807, 2.05) is 73.1 Å². The summed E-state index contributed by atoms with van der Waals surface area (Å²) in [4.78, 5) is 15.1. The van der Waals surface area contributed by atoms with Crippen LogP contribution in [0.5, 0.6) is 0 Å². The summed E-state index contributed by atoms with van der Waals surface area (Å²) in [5.41, 5.74) is 19.7. The number of hydrogen-bond acceptors (Lipinski definition) is 5. The smallest absolute Gasteiger partial charge is 0.111 e. The number of aromatic nitrogens is 4. The van der Waals surface area contributed by atoms with Gasteiger partial charge in [0.25, 0.3) is 0 Å². The number of nitrogen functional groups attached to an aromatic ring is 2. The molecule has 7 nitrogen and oxygen atoms in total. The van der Waals surface area contributed by atoms with Crippen molar-refractivity contribution in [2.24, 2.45) is 0 Å². The summed E-state index contributed by atoms with van der Waals surface area (Å²) in [6.07, 6.45) is 13.0. The molecule has 11 heteroatoms. The van der Waals surface area contributed by atoms with Gasteiger partial charge in [0.2, 0.25) is 0 Å². The second-order valence-electron chi connectivity index (χ2n) is 12.6. The van der Waals surface area contributed by atoms with Gasteiger partial charge in [-0.25, -0.2) is 9.97 Å². The van der Waals surface area contributed by atoms with E-state index in [0.717, 1.165) is 96.4 Å². The molecule has 6 aromatic rings. The van der Waals surface area contributed by atoms with Crippen LogP contribution in [0.4, 0.5) is 11.4 Å². The minimum Gasteiger partial charge on any atom is -0.399 e. The van der Waals surface area contributed by atoms with Crippen LogP contribution in [0.1, 0.15) is 82.9 Å². The lowest BCUT2D eigenvalue weighted by Gasteiger charge is -2.30. The predicted molar refractivity (Wildman–Crippen MR) is 210 cm³/mol. The van der Waals surface area contributed by atoms with Crippen LogP contribution in [0.25, 0.3) is 0 Å². The number of hydrogen-bond donors (Lipinski definition) is 4. The number of halogens is 4. The standard InChI is InChI=1S/C40H40Cl4N6O/c41-27-9-13-33(35(43)23-27)39(31-15-11-29(45)21-25(31)5-1-3-7-37-47-17-18-48-37)51-40(34-14-10-28(42)24-36(34)44)32-16-12-30(46)22-26(32)6-2-4-8-38-49-19-20-50-38/h9-24,39-40H,1-8,45-46H2,(H,47,48)(H,49,50). The number of H-pyrrole nitrogens is 2. The van der Waals surface area contributed by atoms with Gasteiger partial charge >= 0.3 is 0 Å². The highest BCUT2D eigenvalue weighted by molar-refractivity contribution is 6.35. The van der Waals surface area contributed by atoms with Gasteiger partial charge in [-0.2, -0.15) is 0 Å². The van der Waals surface area contributed by atoms with Gasteiger partial charge in [0, 0.05) is 80.2 Å². The van der Waals surface area contributed by atoms with Crippen molar-refractivity contribution >= 4 is 57.8 Å². The van der Waals surface area contributed by atoms with Gasteiger partial charge in [0.15, 0.2) is 0 Å². The first-order valence-corrected chi connectivity index (χ1v) is 18.5. The van der Waals surface area contributed by atoms with E-state index in [-0.39, 0.29) is 0 Å². The number of anilines is 2. The Morgan fingerprint density at radius 1 is 0.529 bits per heavy atom. The molecule has 0 fully saturated rings. The molecule has 0 amide bonds. The van der Waals surface area contributed by atoms with Crippen LogP contribution in [0.15, 0.2) is 97.6 Å². The molecule has 264 valence electrons. The number of rotatable bonds is 16. The summed E-state index contributed by atoms with van der Waals surface area (Å²) in [6, 6.07) is 22.9. The Bertz CT molecular complexity index is 1890. The molecule has 0 aliphatic rings. The maximum absolute atomic E-state index is 7.36. The molecule has 0 bridgehead atoms.